The van der Waals surface area contributed by atoms with Gasteiger partial charge in [0.05, 0.1) is 0 Å². The number of carbonyl (C=O) groups excluding carboxylic acids is 1. The zero-order valence-corrected chi connectivity index (χ0v) is 11.0. The summed E-state index contributed by atoms with van der Waals surface area (Å²) in [4.78, 5) is 20.5. The molecule has 1 amide bonds. The molecular weight excluding hydrogens is 238 g/mol. The number of nitrogens with zero attached hydrogens (tertiary/aromatic N) is 3. The lowest BCUT2D eigenvalue weighted by molar-refractivity contribution is -0.128. The van der Waals surface area contributed by atoms with Crippen LogP contribution in [0.5, 0.6) is 0 Å². The van der Waals surface area contributed by atoms with Crippen LogP contribution in [0.2, 0.25) is 0 Å². The second-order valence-corrected chi connectivity index (χ2v) is 5.29. The van der Waals surface area contributed by atoms with Gasteiger partial charge in [-0.1, -0.05) is 6.08 Å². The Morgan fingerprint density at radius 3 is 2.89 bits per heavy atom. The average Bonchev–Trinajstić information content (AvgIpc) is 2.93. The zero-order chi connectivity index (χ0) is 13.2. The first-order chi connectivity index (χ1) is 9.29. The molecule has 0 aromatic carbocycles. The van der Waals surface area contributed by atoms with E-state index < -0.39 is 0 Å². The van der Waals surface area contributed by atoms with Crippen molar-refractivity contribution in [2.75, 3.05) is 13.1 Å². The Bertz CT molecular complexity index is 474. The van der Waals surface area contributed by atoms with Crippen molar-refractivity contribution < 1.29 is 4.79 Å². The maximum absolute atomic E-state index is 12.0. The van der Waals surface area contributed by atoms with Crippen LogP contribution in [-0.4, -0.2) is 45.9 Å². The van der Waals surface area contributed by atoms with Gasteiger partial charge >= 0.3 is 0 Å². The van der Waals surface area contributed by atoms with Gasteiger partial charge in [0, 0.05) is 50.5 Å². The van der Waals surface area contributed by atoms with Crippen molar-refractivity contribution in [2.24, 2.45) is 0 Å². The van der Waals surface area contributed by atoms with Crippen LogP contribution in [0, 0.1) is 0 Å². The van der Waals surface area contributed by atoms with Crippen LogP contribution in [0.4, 0.5) is 0 Å². The fourth-order valence-electron chi connectivity index (χ4n) is 3.30. The minimum Gasteiger partial charge on any atom is -0.334 e. The van der Waals surface area contributed by atoms with Crippen LogP contribution in [0.25, 0.3) is 0 Å². The van der Waals surface area contributed by atoms with Crippen LogP contribution in [0.15, 0.2) is 37.2 Å². The third-order valence-corrected chi connectivity index (χ3v) is 4.19. The van der Waals surface area contributed by atoms with Gasteiger partial charge < -0.3 is 4.90 Å². The molecule has 0 radical (unpaired) electrons. The van der Waals surface area contributed by atoms with Crippen LogP contribution in [-0.2, 0) is 11.3 Å². The van der Waals surface area contributed by atoms with E-state index in [1.807, 2.05) is 35.5 Å². The van der Waals surface area contributed by atoms with Crippen molar-refractivity contribution in [3.8, 4) is 0 Å². The summed E-state index contributed by atoms with van der Waals surface area (Å²) < 4.78 is 0. The molecule has 19 heavy (non-hydrogen) atoms. The van der Waals surface area contributed by atoms with Gasteiger partial charge in [-0.05, 0) is 24.1 Å². The van der Waals surface area contributed by atoms with Gasteiger partial charge in [-0.3, -0.25) is 14.7 Å². The van der Waals surface area contributed by atoms with E-state index in [2.05, 4.69) is 16.5 Å². The van der Waals surface area contributed by atoms with Gasteiger partial charge in [0.25, 0.3) is 0 Å². The van der Waals surface area contributed by atoms with Gasteiger partial charge in [0.1, 0.15) is 0 Å². The molecule has 4 nitrogen and oxygen atoms in total. The third kappa shape index (κ3) is 2.28. The molecular formula is C15H19N3O. The first-order valence-corrected chi connectivity index (χ1v) is 6.83. The molecule has 1 aromatic rings. The molecule has 2 aliphatic heterocycles. The quantitative estimate of drug-likeness (QED) is 0.766. The van der Waals surface area contributed by atoms with E-state index in [-0.39, 0.29) is 5.91 Å². The predicted molar refractivity (Wildman–Crippen MR) is 73.4 cm³/mol. The van der Waals surface area contributed by atoms with Crippen LogP contribution >= 0.6 is 0 Å². The van der Waals surface area contributed by atoms with E-state index in [4.69, 9.17) is 0 Å². The van der Waals surface area contributed by atoms with Gasteiger partial charge in [-0.15, -0.1) is 6.58 Å². The van der Waals surface area contributed by atoms with E-state index in [0.29, 0.717) is 25.0 Å². The van der Waals surface area contributed by atoms with Crippen molar-refractivity contribution >= 4 is 5.91 Å². The molecule has 3 rings (SSSR count). The van der Waals surface area contributed by atoms with E-state index in [9.17, 15) is 4.79 Å². The minimum absolute atomic E-state index is 0.273. The second-order valence-electron chi connectivity index (χ2n) is 5.29. The van der Waals surface area contributed by atoms with Crippen LogP contribution in [0.3, 0.4) is 0 Å². The largest absolute Gasteiger partial charge is 0.334 e. The summed E-state index contributed by atoms with van der Waals surface area (Å²) in [6, 6.07) is 4.85. The number of rotatable bonds is 4. The fraction of sp³-hybridized carbons (Fsp3) is 0.467. The van der Waals surface area contributed by atoms with Crippen LogP contribution < -0.4 is 0 Å². The maximum Gasteiger partial charge on any atom is 0.224 e. The summed E-state index contributed by atoms with van der Waals surface area (Å²) in [6.07, 6.45) is 7.21. The summed E-state index contributed by atoms with van der Waals surface area (Å²) in [7, 11) is 0. The van der Waals surface area contributed by atoms with Gasteiger partial charge in [-0.25, -0.2) is 0 Å². The molecule has 0 aliphatic carbocycles. The summed E-state index contributed by atoms with van der Waals surface area (Å²) in [5.41, 5.74) is 1.27. The molecule has 0 N–H and O–H groups in total. The molecule has 1 aromatic heterocycles. The number of pyridine rings is 1. The Labute approximate surface area is 113 Å². The standard InChI is InChI=1S/C15H19N3O/c1-2-8-18-13-5-9-17(14(13)10-15(18)19)11-12-3-6-16-7-4-12/h2-4,6-7,13-14H,1,5,8-11H2/t13-,14+/m1/s1. The Balaban J connectivity index is 1.71. The monoisotopic (exact) mass is 257 g/mol. The molecule has 3 heterocycles. The number of hydrogen-bond donors (Lipinski definition) is 0. The van der Waals surface area contributed by atoms with E-state index in [1.54, 1.807) is 0 Å². The van der Waals surface area contributed by atoms with Gasteiger partial charge in [0.15, 0.2) is 0 Å². The predicted octanol–water partition coefficient (Wildman–Crippen LogP) is 1.44. The number of likely N-dealkylation sites (tertiary alicyclic amines) is 2. The fourth-order valence-corrected chi connectivity index (χ4v) is 3.30. The number of fused-ring (bicyclic) bond motifs is 1. The van der Waals surface area contributed by atoms with Crippen molar-refractivity contribution in [1.29, 1.82) is 0 Å². The Kier molecular flexibility index (Phi) is 3.34. The first kappa shape index (κ1) is 12.4. The Hall–Kier alpha value is -1.68. The lowest BCUT2D eigenvalue weighted by Crippen LogP contribution is -2.37. The summed E-state index contributed by atoms with van der Waals surface area (Å²) in [5, 5.41) is 0. The number of carbonyl (C=O) groups is 1. The molecule has 0 unspecified atom stereocenters. The van der Waals surface area contributed by atoms with E-state index >= 15 is 0 Å². The van der Waals surface area contributed by atoms with Crippen LogP contribution in [0.1, 0.15) is 18.4 Å². The summed E-state index contributed by atoms with van der Waals surface area (Å²) in [6.45, 7) is 6.41. The van der Waals surface area contributed by atoms with Crippen molar-refractivity contribution in [1.82, 2.24) is 14.8 Å². The SMILES string of the molecule is C=CCN1C(=O)C[C@H]2[C@H]1CCN2Cc1ccncc1. The maximum atomic E-state index is 12.0. The van der Waals surface area contributed by atoms with Crippen molar-refractivity contribution in [2.45, 2.75) is 31.5 Å². The molecule has 0 bridgehead atoms. The number of amides is 1. The highest BCUT2D eigenvalue weighted by atomic mass is 16.2. The third-order valence-electron chi connectivity index (χ3n) is 4.19. The normalized spacial score (nSPS) is 26.7. The zero-order valence-electron chi connectivity index (χ0n) is 11.0. The lowest BCUT2D eigenvalue weighted by atomic mass is 10.1. The molecule has 2 saturated heterocycles. The molecule has 2 fully saturated rings. The Morgan fingerprint density at radius 2 is 2.16 bits per heavy atom. The highest BCUT2D eigenvalue weighted by Crippen LogP contribution is 2.33. The topological polar surface area (TPSA) is 36.4 Å². The van der Waals surface area contributed by atoms with Crippen molar-refractivity contribution in [3.63, 3.8) is 0 Å². The molecule has 100 valence electrons. The molecule has 2 atom stereocenters. The van der Waals surface area contributed by atoms with Gasteiger partial charge in [0.2, 0.25) is 5.91 Å². The smallest absolute Gasteiger partial charge is 0.224 e. The summed E-state index contributed by atoms with van der Waals surface area (Å²) >= 11 is 0. The molecule has 0 spiro atoms. The first-order valence-electron chi connectivity index (χ1n) is 6.83. The molecule has 0 saturated carbocycles. The second kappa shape index (κ2) is 5.13. The Morgan fingerprint density at radius 1 is 1.37 bits per heavy atom. The van der Waals surface area contributed by atoms with Crippen molar-refractivity contribution in [3.05, 3.63) is 42.7 Å². The minimum atomic E-state index is 0.273. The van der Waals surface area contributed by atoms with E-state index in [0.717, 1.165) is 19.5 Å². The highest BCUT2D eigenvalue weighted by molar-refractivity contribution is 5.80. The highest BCUT2D eigenvalue weighted by Gasteiger charge is 2.45. The average molecular weight is 257 g/mol. The number of hydrogen-bond acceptors (Lipinski definition) is 3. The lowest BCUT2D eigenvalue weighted by Gasteiger charge is -2.24. The summed E-state index contributed by atoms with van der Waals surface area (Å²) in [5.74, 6) is 0.273. The molecule has 2 aliphatic rings. The van der Waals surface area contributed by atoms with E-state index in [1.165, 1.54) is 5.56 Å². The molecule has 4 heteroatoms. The number of aromatic nitrogens is 1. The van der Waals surface area contributed by atoms with Gasteiger partial charge in [-0.2, -0.15) is 0 Å².